The molecule has 0 aromatic carbocycles. The minimum Gasteiger partial charge on any atom is -0.383 e. The zero-order valence-corrected chi connectivity index (χ0v) is 19.4. The Morgan fingerprint density at radius 2 is 1.77 bits per heavy atom. The zero-order valence-electron chi connectivity index (χ0n) is 18.6. The zero-order chi connectivity index (χ0) is 22.0. The lowest BCUT2D eigenvalue weighted by Crippen LogP contribution is -2.54. The van der Waals surface area contributed by atoms with E-state index in [1.54, 1.807) is 11.4 Å². The summed E-state index contributed by atoms with van der Waals surface area (Å²) in [5.74, 6) is 1.35. The summed E-state index contributed by atoms with van der Waals surface area (Å²) < 4.78 is 29.8. The van der Waals surface area contributed by atoms with Gasteiger partial charge in [0.1, 0.15) is 0 Å². The fourth-order valence-corrected chi connectivity index (χ4v) is 4.61. The molecule has 174 valence electrons. The smallest absolute Gasteiger partial charge is 0.234 e. The van der Waals surface area contributed by atoms with Gasteiger partial charge in [-0.05, 0) is 25.7 Å². The Hall–Kier alpha value is -1.43. The second kappa shape index (κ2) is 12.4. The van der Waals surface area contributed by atoms with Gasteiger partial charge in [-0.3, -0.25) is 14.7 Å². The lowest BCUT2D eigenvalue weighted by atomic mass is 9.98. The van der Waals surface area contributed by atoms with Crippen LogP contribution in [0.25, 0.3) is 0 Å². The van der Waals surface area contributed by atoms with E-state index in [1.165, 1.54) is 6.26 Å². The molecular weight excluding hydrogens is 408 g/mol. The van der Waals surface area contributed by atoms with E-state index in [0.29, 0.717) is 45.2 Å². The maximum Gasteiger partial charge on any atom is 0.234 e. The number of hydrogen-bond donors (Lipinski definition) is 2. The molecular formula is C19H38N6O4S. The van der Waals surface area contributed by atoms with Gasteiger partial charge < -0.3 is 20.3 Å². The Labute approximate surface area is 181 Å². The highest BCUT2D eigenvalue weighted by Crippen LogP contribution is 2.19. The van der Waals surface area contributed by atoms with Crippen LogP contribution < -0.4 is 10.6 Å². The number of ether oxygens (including phenoxy) is 1. The van der Waals surface area contributed by atoms with Crippen LogP contribution >= 0.6 is 0 Å². The third-order valence-corrected chi connectivity index (χ3v) is 6.85. The number of sulfonamides is 1. The second-order valence-electron chi connectivity index (χ2n) is 7.91. The largest absolute Gasteiger partial charge is 0.383 e. The van der Waals surface area contributed by atoms with E-state index < -0.39 is 10.0 Å². The summed E-state index contributed by atoms with van der Waals surface area (Å²) in [4.78, 5) is 21.2. The van der Waals surface area contributed by atoms with Crippen molar-refractivity contribution in [1.82, 2.24) is 24.7 Å². The van der Waals surface area contributed by atoms with E-state index >= 15 is 0 Å². The third-order valence-electron chi connectivity index (χ3n) is 5.54. The summed E-state index contributed by atoms with van der Waals surface area (Å²) in [5, 5.41) is 6.23. The van der Waals surface area contributed by atoms with Crippen LogP contribution in [0.5, 0.6) is 0 Å². The van der Waals surface area contributed by atoms with Crippen molar-refractivity contribution in [2.75, 3.05) is 85.4 Å². The molecule has 2 saturated heterocycles. The van der Waals surface area contributed by atoms with Gasteiger partial charge in [-0.15, -0.1) is 0 Å². The number of methoxy groups -OCH3 is 1. The second-order valence-corrected chi connectivity index (χ2v) is 9.89. The highest BCUT2D eigenvalue weighted by molar-refractivity contribution is 7.88. The number of carbonyl (C=O) groups excluding carboxylic acids is 1. The van der Waals surface area contributed by atoms with Crippen LogP contribution in [-0.4, -0.2) is 120 Å². The minimum atomic E-state index is -3.09. The Bertz CT molecular complexity index is 656. The molecule has 2 aliphatic rings. The molecule has 0 aromatic heterocycles. The van der Waals surface area contributed by atoms with Crippen LogP contribution in [0.1, 0.15) is 19.8 Å². The Morgan fingerprint density at radius 3 is 2.33 bits per heavy atom. The van der Waals surface area contributed by atoms with E-state index in [-0.39, 0.29) is 5.91 Å². The van der Waals surface area contributed by atoms with Crippen molar-refractivity contribution in [3.63, 3.8) is 0 Å². The molecule has 0 aliphatic carbocycles. The Balaban J connectivity index is 1.78. The summed E-state index contributed by atoms with van der Waals surface area (Å²) >= 11 is 0. The normalized spacial score (nSPS) is 20.4. The average Bonchev–Trinajstić information content (AvgIpc) is 2.71. The van der Waals surface area contributed by atoms with Gasteiger partial charge in [0.15, 0.2) is 5.96 Å². The average molecular weight is 447 g/mol. The number of rotatable bonds is 9. The number of aliphatic imine (C=N–C) groups is 1. The molecule has 0 aromatic rings. The van der Waals surface area contributed by atoms with Crippen molar-refractivity contribution in [1.29, 1.82) is 0 Å². The molecule has 10 nitrogen and oxygen atoms in total. The standard InChI is InChI=1S/C19H38N6O4S/c1-4-20-19(22-15-17-5-8-25(9-6-17)30(3,27)28)24-12-10-23(11-13-24)16-18(26)21-7-14-29-2/h17H,4-16H2,1-3H3,(H,20,22)(H,21,26). The maximum atomic E-state index is 12.0. The van der Waals surface area contributed by atoms with Crippen LogP contribution in [0, 0.1) is 5.92 Å². The van der Waals surface area contributed by atoms with E-state index in [1.807, 2.05) is 0 Å². The van der Waals surface area contributed by atoms with Crippen LogP contribution in [0.15, 0.2) is 4.99 Å². The monoisotopic (exact) mass is 446 g/mol. The van der Waals surface area contributed by atoms with Gasteiger partial charge in [0.2, 0.25) is 15.9 Å². The van der Waals surface area contributed by atoms with Crippen molar-refractivity contribution >= 4 is 21.9 Å². The van der Waals surface area contributed by atoms with Gasteiger partial charge in [0.05, 0.1) is 19.4 Å². The SMILES string of the molecule is CCNC(=NCC1CCN(S(C)(=O)=O)CC1)N1CCN(CC(=O)NCCOC)CC1. The van der Waals surface area contributed by atoms with Gasteiger partial charge in [-0.1, -0.05) is 0 Å². The van der Waals surface area contributed by atoms with Crippen molar-refractivity contribution < 1.29 is 17.9 Å². The fourth-order valence-electron chi connectivity index (χ4n) is 3.73. The van der Waals surface area contributed by atoms with Crippen LogP contribution in [0.2, 0.25) is 0 Å². The topological polar surface area (TPSA) is 107 Å². The number of nitrogens with zero attached hydrogens (tertiary/aromatic N) is 4. The van der Waals surface area contributed by atoms with Crippen molar-refractivity contribution in [2.45, 2.75) is 19.8 Å². The molecule has 2 rings (SSSR count). The van der Waals surface area contributed by atoms with E-state index in [2.05, 4.69) is 27.4 Å². The quantitative estimate of drug-likeness (QED) is 0.266. The van der Waals surface area contributed by atoms with Crippen molar-refractivity contribution in [2.24, 2.45) is 10.9 Å². The number of nitrogens with one attached hydrogen (secondary N) is 2. The molecule has 1 amide bonds. The van der Waals surface area contributed by atoms with Gasteiger partial charge in [-0.25, -0.2) is 12.7 Å². The number of piperazine rings is 1. The molecule has 0 spiro atoms. The first kappa shape index (κ1) is 24.8. The van der Waals surface area contributed by atoms with Crippen molar-refractivity contribution in [3.05, 3.63) is 0 Å². The lowest BCUT2D eigenvalue weighted by molar-refractivity contribution is -0.122. The number of carbonyl (C=O) groups is 1. The summed E-state index contributed by atoms with van der Waals surface area (Å²) in [6.07, 6.45) is 2.97. The van der Waals surface area contributed by atoms with Gasteiger partial charge in [0.25, 0.3) is 0 Å². The highest BCUT2D eigenvalue weighted by Gasteiger charge is 2.25. The molecule has 11 heteroatoms. The molecule has 0 radical (unpaired) electrons. The summed E-state index contributed by atoms with van der Waals surface area (Å²) in [5.41, 5.74) is 0. The molecule has 2 aliphatic heterocycles. The Kier molecular flexibility index (Phi) is 10.3. The minimum absolute atomic E-state index is 0.0292. The van der Waals surface area contributed by atoms with Gasteiger partial charge in [-0.2, -0.15) is 0 Å². The molecule has 0 saturated carbocycles. The predicted molar refractivity (Wildman–Crippen MR) is 118 cm³/mol. The molecule has 0 bridgehead atoms. The lowest BCUT2D eigenvalue weighted by Gasteiger charge is -2.36. The molecule has 0 unspecified atom stereocenters. The van der Waals surface area contributed by atoms with Gasteiger partial charge in [0, 0.05) is 66.0 Å². The summed E-state index contributed by atoms with van der Waals surface area (Å²) in [7, 11) is -1.47. The highest BCUT2D eigenvalue weighted by atomic mass is 32.2. The van der Waals surface area contributed by atoms with Crippen molar-refractivity contribution in [3.8, 4) is 0 Å². The number of amides is 1. The molecule has 2 heterocycles. The molecule has 0 atom stereocenters. The third kappa shape index (κ3) is 8.37. The predicted octanol–water partition coefficient (Wildman–Crippen LogP) is -0.996. The van der Waals surface area contributed by atoms with Gasteiger partial charge >= 0.3 is 0 Å². The molecule has 2 N–H and O–H groups in total. The van der Waals surface area contributed by atoms with E-state index in [4.69, 9.17) is 9.73 Å². The van der Waals surface area contributed by atoms with Crippen LogP contribution in [0.3, 0.4) is 0 Å². The van der Waals surface area contributed by atoms with Crippen LogP contribution in [0.4, 0.5) is 0 Å². The van der Waals surface area contributed by atoms with Crippen LogP contribution in [-0.2, 0) is 19.6 Å². The fraction of sp³-hybridized carbons (Fsp3) is 0.895. The maximum absolute atomic E-state index is 12.0. The first-order valence-electron chi connectivity index (χ1n) is 10.8. The molecule has 30 heavy (non-hydrogen) atoms. The number of guanidine groups is 1. The number of hydrogen-bond acceptors (Lipinski definition) is 6. The first-order valence-corrected chi connectivity index (χ1v) is 12.6. The molecule has 2 fully saturated rings. The summed E-state index contributed by atoms with van der Waals surface area (Å²) in [6, 6.07) is 0. The van der Waals surface area contributed by atoms with E-state index in [0.717, 1.165) is 51.5 Å². The van der Waals surface area contributed by atoms with E-state index in [9.17, 15) is 13.2 Å². The summed E-state index contributed by atoms with van der Waals surface area (Å²) in [6.45, 7) is 9.48. The number of piperidine rings is 1. The first-order chi connectivity index (χ1) is 14.3. The Morgan fingerprint density at radius 1 is 1.10 bits per heavy atom.